The average Bonchev–Trinajstić information content (AvgIpc) is 3.35. The average molecular weight is 962 g/mol. The van der Waals surface area contributed by atoms with Crippen molar-refractivity contribution in [3.05, 3.63) is 85.1 Å². The Hall–Kier alpha value is -3.41. The van der Waals surface area contributed by atoms with Crippen molar-refractivity contribution in [1.82, 2.24) is 0 Å². The van der Waals surface area contributed by atoms with Crippen molar-refractivity contribution in [3.63, 3.8) is 0 Å². The predicted octanol–water partition coefficient (Wildman–Crippen LogP) is 19.5. The first kappa shape index (κ1) is 65.6. The molecule has 0 saturated heterocycles. The third kappa shape index (κ3) is 55.4. The molecule has 0 aromatic heterocycles. The molecular formula is C63H108O6. The summed E-state index contributed by atoms with van der Waals surface area (Å²) < 4.78 is 16.9. The van der Waals surface area contributed by atoms with Gasteiger partial charge in [-0.3, -0.25) is 14.4 Å². The zero-order valence-electron chi connectivity index (χ0n) is 45.3. The van der Waals surface area contributed by atoms with Crippen LogP contribution in [0.3, 0.4) is 0 Å². The monoisotopic (exact) mass is 961 g/mol. The molecule has 0 aromatic rings. The summed E-state index contributed by atoms with van der Waals surface area (Å²) in [4.78, 5) is 38.2. The van der Waals surface area contributed by atoms with Gasteiger partial charge in [0.1, 0.15) is 13.2 Å². The van der Waals surface area contributed by atoms with Crippen LogP contribution in [0.25, 0.3) is 0 Å². The van der Waals surface area contributed by atoms with E-state index in [1.54, 1.807) is 0 Å². The summed E-state index contributed by atoms with van der Waals surface area (Å²) in [5, 5.41) is 0. The molecule has 396 valence electrons. The van der Waals surface area contributed by atoms with Gasteiger partial charge in [0.05, 0.1) is 0 Å². The van der Waals surface area contributed by atoms with Crippen molar-refractivity contribution in [2.45, 2.75) is 284 Å². The van der Waals surface area contributed by atoms with Gasteiger partial charge in [-0.1, -0.05) is 234 Å². The molecule has 0 fully saturated rings. The van der Waals surface area contributed by atoms with Crippen LogP contribution in [0.1, 0.15) is 278 Å². The molecule has 0 aliphatic carbocycles. The predicted molar refractivity (Wildman–Crippen MR) is 297 cm³/mol. The zero-order chi connectivity index (χ0) is 50.0. The number of hydrogen-bond donors (Lipinski definition) is 0. The zero-order valence-corrected chi connectivity index (χ0v) is 45.3. The third-order valence-electron chi connectivity index (χ3n) is 12.4. The van der Waals surface area contributed by atoms with Gasteiger partial charge in [0.25, 0.3) is 0 Å². The highest BCUT2D eigenvalue weighted by Crippen LogP contribution is 2.15. The Morgan fingerprint density at radius 2 is 0.609 bits per heavy atom. The third-order valence-corrected chi connectivity index (χ3v) is 12.4. The number of carbonyl (C=O) groups is 3. The molecule has 0 heterocycles. The maximum absolute atomic E-state index is 12.9. The van der Waals surface area contributed by atoms with E-state index in [9.17, 15) is 14.4 Å². The Labute approximate surface area is 426 Å². The smallest absolute Gasteiger partial charge is 0.306 e. The lowest BCUT2D eigenvalue weighted by atomic mass is 10.1. The Morgan fingerprint density at radius 1 is 0.319 bits per heavy atom. The Kier molecular flexibility index (Phi) is 54.3. The van der Waals surface area contributed by atoms with Crippen LogP contribution in [0, 0.1) is 0 Å². The topological polar surface area (TPSA) is 78.9 Å². The van der Waals surface area contributed by atoms with Gasteiger partial charge in [-0.15, -0.1) is 0 Å². The minimum Gasteiger partial charge on any atom is -0.462 e. The lowest BCUT2D eigenvalue weighted by Gasteiger charge is -2.18. The minimum atomic E-state index is -0.789. The van der Waals surface area contributed by atoms with Crippen LogP contribution in [-0.2, 0) is 28.6 Å². The van der Waals surface area contributed by atoms with E-state index in [1.807, 2.05) is 0 Å². The second-order valence-electron chi connectivity index (χ2n) is 19.2. The minimum absolute atomic E-state index is 0.0863. The van der Waals surface area contributed by atoms with Gasteiger partial charge in [0.2, 0.25) is 0 Å². The van der Waals surface area contributed by atoms with Gasteiger partial charge in [-0.05, 0) is 109 Å². The van der Waals surface area contributed by atoms with Crippen molar-refractivity contribution in [1.29, 1.82) is 0 Å². The number of rotatable bonds is 52. The molecular weight excluding hydrogens is 853 g/mol. The molecule has 69 heavy (non-hydrogen) atoms. The van der Waals surface area contributed by atoms with Gasteiger partial charge in [-0.25, -0.2) is 0 Å². The first-order valence-electron chi connectivity index (χ1n) is 29.1. The molecule has 1 unspecified atom stereocenters. The summed E-state index contributed by atoms with van der Waals surface area (Å²) in [6.45, 7) is 6.47. The highest BCUT2D eigenvalue weighted by atomic mass is 16.6. The Balaban J connectivity index is 4.41. The summed E-state index contributed by atoms with van der Waals surface area (Å²) in [5.41, 5.74) is 0. The molecule has 0 bridgehead atoms. The summed E-state index contributed by atoms with van der Waals surface area (Å²) in [5.74, 6) is -0.904. The van der Waals surface area contributed by atoms with Crippen molar-refractivity contribution < 1.29 is 28.6 Å². The number of allylic oxidation sites excluding steroid dienone is 14. The molecule has 6 nitrogen and oxygen atoms in total. The first-order chi connectivity index (χ1) is 34.0. The van der Waals surface area contributed by atoms with Crippen LogP contribution in [0.15, 0.2) is 85.1 Å². The van der Waals surface area contributed by atoms with Crippen LogP contribution in [-0.4, -0.2) is 37.2 Å². The van der Waals surface area contributed by atoms with Gasteiger partial charge >= 0.3 is 17.9 Å². The number of esters is 3. The lowest BCUT2D eigenvalue weighted by Crippen LogP contribution is -2.30. The fourth-order valence-corrected chi connectivity index (χ4v) is 8.01. The number of hydrogen-bond acceptors (Lipinski definition) is 6. The maximum Gasteiger partial charge on any atom is 0.306 e. The SMILES string of the molecule is CC/C=C\C/C=C\C/C=C\CCCCCCCCCCCC(=O)OCC(COC(=O)CCCCCCCC/C=C\C=C/CCCCC)OC(=O)CCCCCCCCC/C=C\C/C=C\CCCCC. The number of unbranched alkanes of at least 4 members (excludes halogenated alkanes) is 28. The van der Waals surface area contributed by atoms with Crippen LogP contribution in [0.5, 0.6) is 0 Å². The van der Waals surface area contributed by atoms with Gasteiger partial charge < -0.3 is 14.2 Å². The standard InChI is InChI=1S/C63H108O6/c1-4-7-10-13-16-19-22-25-28-30-31-33-35-38-41-44-47-50-53-56-62(65)68-59-60(58-67-61(64)55-52-49-46-43-40-37-34-27-24-21-18-15-12-9-6-3)69-63(66)57-54-51-48-45-42-39-36-32-29-26-23-20-17-14-11-8-5-2/h7,10,16-21,24-29,60H,4-6,8-9,11-15,22-23,30-59H2,1-3H3/b10-7-,19-16-,20-17-,21-18-,27-24-,28-25-,29-26-. The molecule has 0 radical (unpaired) electrons. The lowest BCUT2D eigenvalue weighted by molar-refractivity contribution is -0.167. The molecule has 0 aromatic carbocycles. The fourth-order valence-electron chi connectivity index (χ4n) is 8.01. The highest BCUT2D eigenvalue weighted by Gasteiger charge is 2.19. The molecule has 0 rings (SSSR count). The van der Waals surface area contributed by atoms with Crippen molar-refractivity contribution in [2.75, 3.05) is 13.2 Å². The number of ether oxygens (including phenoxy) is 3. The van der Waals surface area contributed by atoms with E-state index in [2.05, 4.69) is 106 Å². The van der Waals surface area contributed by atoms with Gasteiger partial charge in [-0.2, -0.15) is 0 Å². The van der Waals surface area contributed by atoms with Crippen LogP contribution in [0.4, 0.5) is 0 Å². The molecule has 0 amide bonds. The maximum atomic E-state index is 12.9. The van der Waals surface area contributed by atoms with Crippen LogP contribution >= 0.6 is 0 Å². The molecule has 0 aliphatic rings. The van der Waals surface area contributed by atoms with E-state index >= 15 is 0 Å². The Morgan fingerprint density at radius 3 is 0.971 bits per heavy atom. The fraction of sp³-hybridized carbons (Fsp3) is 0.730. The summed E-state index contributed by atoms with van der Waals surface area (Å²) >= 11 is 0. The largest absolute Gasteiger partial charge is 0.462 e. The van der Waals surface area contributed by atoms with E-state index in [4.69, 9.17) is 14.2 Å². The van der Waals surface area contributed by atoms with E-state index in [1.165, 1.54) is 141 Å². The normalized spacial score (nSPS) is 12.7. The molecule has 0 aliphatic heterocycles. The van der Waals surface area contributed by atoms with Crippen molar-refractivity contribution in [3.8, 4) is 0 Å². The van der Waals surface area contributed by atoms with E-state index in [0.717, 1.165) is 96.3 Å². The molecule has 0 N–H and O–H groups in total. The quantitative estimate of drug-likeness (QED) is 0.0199. The summed E-state index contributed by atoms with van der Waals surface area (Å²) in [7, 11) is 0. The highest BCUT2D eigenvalue weighted by molar-refractivity contribution is 5.71. The van der Waals surface area contributed by atoms with E-state index in [0.29, 0.717) is 19.3 Å². The van der Waals surface area contributed by atoms with Crippen molar-refractivity contribution in [2.24, 2.45) is 0 Å². The molecule has 0 spiro atoms. The molecule has 0 saturated carbocycles. The van der Waals surface area contributed by atoms with Gasteiger partial charge in [0.15, 0.2) is 6.10 Å². The molecule has 1 atom stereocenters. The molecule has 6 heteroatoms. The van der Waals surface area contributed by atoms with Crippen LogP contribution in [0.2, 0.25) is 0 Å². The number of carbonyl (C=O) groups excluding carboxylic acids is 3. The summed E-state index contributed by atoms with van der Waals surface area (Å²) in [6.07, 6.45) is 74.2. The van der Waals surface area contributed by atoms with Gasteiger partial charge in [0, 0.05) is 19.3 Å². The second-order valence-corrected chi connectivity index (χ2v) is 19.2. The first-order valence-corrected chi connectivity index (χ1v) is 29.1. The van der Waals surface area contributed by atoms with Crippen molar-refractivity contribution >= 4 is 17.9 Å². The van der Waals surface area contributed by atoms with Crippen LogP contribution < -0.4 is 0 Å². The van der Waals surface area contributed by atoms with E-state index in [-0.39, 0.29) is 31.1 Å². The Bertz CT molecular complexity index is 1330. The summed E-state index contributed by atoms with van der Waals surface area (Å²) in [6, 6.07) is 0. The second kappa shape index (κ2) is 57.2. The van der Waals surface area contributed by atoms with E-state index < -0.39 is 6.10 Å².